The number of nitrogens with one attached hydrogen (secondary N) is 2. The SMILES string of the molecule is C=CC(=O)Nc1ccc2nc(Nc3cccc(Br)c3)c3sccc3c2c1. The summed E-state index contributed by atoms with van der Waals surface area (Å²) in [5.41, 5.74) is 2.56. The predicted octanol–water partition coefficient (Wildman–Crippen LogP) is 6.08. The van der Waals surface area contributed by atoms with Crippen LogP contribution in [0.5, 0.6) is 0 Å². The minimum Gasteiger partial charge on any atom is -0.339 e. The third-order valence-electron chi connectivity index (χ3n) is 3.94. The van der Waals surface area contributed by atoms with Crippen molar-refractivity contribution in [3.05, 3.63) is 71.0 Å². The number of carbonyl (C=O) groups is 1. The van der Waals surface area contributed by atoms with Crippen LogP contribution < -0.4 is 10.6 Å². The van der Waals surface area contributed by atoms with Gasteiger partial charge in [0.2, 0.25) is 5.91 Å². The molecule has 0 saturated carbocycles. The average molecular weight is 424 g/mol. The molecular formula is C20H14BrN3OS. The number of halogens is 1. The highest BCUT2D eigenvalue weighted by molar-refractivity contribution is 9.10. The molecule has 2 heterocycles. The number of aromatic nitrogens is 1. The number of fused-ring (bicyclic) bond motifs is 3. The van der Waals surface area contributed by atoms with Crippen LogP contribution in [0.4, 0.5) is 17.2 Å². The van der Waals surface area contributed by atoms with E-state index >= 15 is 0 Å². The Kier molecular flexibility index (Phi) is 4.44. The third-order valence-corrected chi connectivity index (χ3v) is 5.35. The molecule has 0 aliphatic heterocycles. The van der Waals surface area contributed by atoms with Crippen molar-refractivity contribution < 1.29 is 4.79 Å². The van der Waals surface area contributed by atoms with Gasteiger partial charge in [0.05, 0.1) is 10.2 Å². The summed E-state index contributed by atoms with van der Waals surface area (Å²) < 4.78 is 2.08. The van der Waals surface area contributed by atoms with Crippen molar-refractivity contribution in [3.8, 4) is 0 Å². The number of amides is 1. The first-order valence-corrected chi connectivity index (χ1v) is 9.58. The lowest BCUT2D eigenvalue weighted by Gasteiger charge is -2.11. The van der Waals surface area contributed by atoms with E-state index < -0.39 is 0 Å². The zero-order valence-corrected chi connectivity index (χ0v) is 16.0. The van der Waals surface area contributed by atoms with Crippen LogP contribution in [0.25, 0.3) is 21.0 Å². The molecule has 128 valence electrons. The highest BCUT2D eigenvalue weighted by Gasteiger charge is 2.11. The molecule has 2 N–H and O–H groups in total. The quantitative estimate of drug-likeness (QED) is 0.391. The van der Waals surface area contributed by atoms with E-state index in [4.69, 9.17) is 4.98 Å². The maximum absolute atomic E-state index is 11.6. The van der Waals surface area contributed by atoms with Crippen molar-refractivity contribution in [2.45, 2.75) is 0 Å². The zero-order chi connectivity index (χ0) is 18.1. The Balaban J connectivity index is 1.82. The highest BCUT2D eigenvalue weighted by Crippen LogP contribution is 2.36. The maximum atomic E-state index is 11.6. The second-order valence-corrected chi connectivity index (χ2v) is 7.52. The minimum atomic E-state index is -0.230. The Morgan fingerprint density at radius 3 is 2.81 bits per heavy atom. The van der Waals surface area contributed by atoms with Crippen LogP contribution in [0.3, 0.4) is 0 Å². The molecule has 0 saturated heterocycles. The van der Waals surface area contributed by atoms with Crippen molar-refractivity contribution in [2.24, 2.45) is 0 Å². The summed E-state index contributed by atoms with van der Waals surface area (Å²) in [6, 6.07) is 15.8. The van der Waals surface area contributed by atoms with Crippen molar-refractivity contribution in [1.29, 1.82) is 0 Å². The minimum absolute atomic E-state index is 0.230. The van der Waals surface area contributed by atoms with Gasteiger partial charge in [0.25, 0.3) is 0 Å². The average Bonchev–Trinajstić information content (AvgIpc) is 3.12. The second-order valence-electron chi connectivity index (χ2n) is 5.68. The highest BCUT2D eigenvalue weighted by atomic mass is 79.9. The standard InChI is InChI=1S/C20H14BrN3OS/c1-2-18(25)22-14-6-7-17-16(11-14)15-8-9-26-19(15)20(24-17)23-13-5-3-4-12(21)10-13/h2-11H,1H2,(H,22,25)(H,23,24). The summed E-state index contributed by atoms with van der Waals surface area (Å²) in [6.45, 7) is 3.48. The fourth-order valence-electron chi connectivity index (χ4n) is 2.78. The molecule has 0 bridgehead atoms. The number of hydrogen-bond donors (Lipinski definition) is 2. The topological polar surface area (TPSA) is 54.0 Å². The van der Waals surface area contributed by atoms with Gasteiger partial charge >= 0.3 is 0 Å². The monoisotopic (exact) mass is 423 g/mol. The Labute approximate surface area is 162 Å². The maximum Gasteiger partial charge on any atom is 0.247 e. The smallest absolute Gasteiger partial charge is 0.247 e. The fourth-order valence-corrected chi connectivity index (χ4v) is 4.04. The summed E-state index contributed by atoms with van der Waals surface area (Å²) in [6.07, 6.45) is 1.26. The van der Waals surface area contributed by atoms with Gasteiger partial charge in [-0.1, -0.05) is 28.6 Å². The van der Waals surface area contributed by atoms with Crippen molar-refractivity contribution in [3.63, 3.8) is 0 Å². The van der Waals surface area contributed by atoms with Crippen LogP contribution in [-0.2, 0) is 4.79 Å². The lowest BCUT2D eigenvalue weighted by molar-refractivity contribution is -0.111. The molecule has 0 fully saturated rings. The van der Waals surface area contributed by atoms with Crippen molar-refractivity contribution in [2.75, 3.05) is 10.6 Å². The molecule has 26 heavy (non-hydrogen) atoms. The molecule has 6 heteroatoms. The first-order valence-electron chi connectivity index (χ1n) is 7.91. The molecule has 0 radical (unpaired) electrons. The number of carbonyl (C=O) groups excluding carboxylic acids is 1. The van der Waals surface area contributed by atoms with E-state index in [1.54, 1.807) is 11.3 Å². The van der Waals surface area contributed by atoms with Crippen LogP contribution in [0.2, 0.25) is 0 Å². The number of hydrogen-bond acceptors (Lipinski definition) is 4. The molecule has 0 aliphatic carbocycles. The summed E-state index contributed by atoms with van der Waals surface area (Å²) >= 11 is 5.13. The third kappa shape index (κ3) is 3.21. The molecular weight excluding hydrogens is 410 g/mol. The molecule has 0 aliphatic rings. The number of anilines is 3. The largest absolute Gasteiger partial charge is 0.339 e. The van der Waals surface area contributed by atoms with E-state index in [-0.39, 0.29) is 5.91 Å². The van der Waals surface area contributed by atoms with Crippen LogP contribution in [0.1, 0.15) is 0 Å². The van der Waals surface area contributed by atoms with Gasteiger partial charge < -0.3 is 10.6 Å². The van der Waals surface area contributed by atoms with Gasteiger partial charge in [-0.15, -0.1) is 11.3 Å². The van der Waals surface area contributed by atoms with Gasteiger partial charge in [0.15, 0.2) is 0 Å². The number of thiophene rings is 1. The van der Waals surface area contributed by atoms with E-state index in [2.05, 4.69) is 39.2 Å². The first kappa shape index (κ1) is 16.8. The molecule has 0 spiro atoms. The van der Waals surface area contributed by atoms with Crippen LogP contribution >= 0.6 is 27.3 Å². The van der Waals surface area contributed by atoms with Crippen LogP contribution in [0.15, 0.2) is 71.0 Å². The summed E-state index contributed by atoms with van der Waals surface area (Å²) in [7, 11) is 0. The molecule has 4 aromatic rings. The fraction of sp³-hybridized carbons (Fsp3) is 0. The Bertz CT molecular complexity index is 1150. The van der Waals surface area contributed by atoms with Gasteiger partial charge in [-0.2, -0.15) is 0 Å². The molecule has 0 atom stereocenters. The van der Waals surface area contributed by atoms with Crippen molar-refractivity contribution >= 4 is 71.4 Å². The van der Waals surface area contributed by atoms with Gasteiger partial charge in [-0.25, -0.2) is 4.98 Å². The Morgan fingerprint density at radius 2 is 2.00 bits per heavy atom. The van der Waals surface area contributed by atoms with Crippen LogP contribution in [-0.4, -0.2) is 10.9 Å². The van der Waals surface area contributed by atoms with Gasteiger partial charge in [-0.05, 0) is 53.9 Å². The Morgan fingerprint density at radius 1 is 1.12 bits per heavy atom. The molecule has 4 nitrogen and oxygen atoms in total. The summed E-state index contributed by atoms with van der Waals surface area (Å²) in [5.74, 6) is 0.593. The lowest BCUT2D eigenvalue weighted by Crippen LogP contribution is -2.07. The van der Waals surface area contributed by atoms with Gasteiger partial charge in [-0.3, -0.25) is 4.79 Å². The van der Waals surface area contributed by atoms with E-state index in [0.717, 1.165) is 42.7 Å². The first-order chi connectivity index (χ1) is 12.6. The number of benzene rings is 2. The zero-order valence-electron chi connectivity index (χ0n) is 13.6. The predicted molar refractivity (Wildman–Crippen MR) is 113 cm³/mol. The second kappa shape index (κ2) is 6.90. The molecule has 1 amide bonds. The van der Waals surface area contributed by atoms with E-state index in [1.165, 1.54) is 6.08 Å². The van der Waals surface area contributed by atoms with Crippen LogP contribution in [0, 0.1) is 0 Å². The van der Waals surface area contributed by atoms with E-state index in [0.29, 0.717) is 0 Å². The molecule has 2 aromatic heterocycles. The summed E-state index contributed by atoms with van der Waals surface area (Å²) in [5, 5.41) is 10.4. The number of pyridine rings is 1. The molecule has 2 aromatic carbocycles. The van der Waals surface area contributed by atoms with Crippen molar-refractivity contribution in [1.82, 2.24) is 4.98 Å². The van der Waals surface area contributed by atoms with Gasteiger partial charge in [0, 0.05) is 26.6 Å². The molecule has 4 rings (SSSR count). The summed E-state index contributed by atoms with van der Waals surface area (Å²) in [4.78, 5) is 16.4. The van der Waals surface area contributed by atoms with E-state index in [9.17, 15) is 4.79 Å². The lowest BCUT2D eigenvalue weighted by atomic mass is 10.1. The van der Waals surface area contributed by atoms with E-state index in [1.807, 2.05) is 47.8 Å². The molecule has 0 unspecified atom stereocenters. The van der Waals surface area contributed by atoms with Gasteiger partial charge in [0.1, 0.15) is 5.82 Å². The number of rotatable bonds is 4. The normalized spacial score (nSPS) is 10.8. The number of nitrogens with zero attached hydrogens (tertiary/aromatic N) is 1. The Hall–Kier alpha value is -2.70.